The molecule has 1 fully saturated rings. The lowest BCUT2D eigenvalue weighted by molar-refractivity contribution is 0.267. The van der Waals surface area contributed by atoms with Gasteiger partial charge in [0.2, 0.25) is 0 Å². The second-order valence-corrected chi connectivity index (χ2v) is 5.66. The molecule has 3 rings (SSSR count). The molecular weight excluding hydrogens is 210 g/mol. The zero-order valence-electron chi connectivity index (χ0n) is 11.0. The van der Waals surface area contributed by atoms with Crippen LogP contribution in [0, 0.1) is 5.92 Å². The molecule has 17 heavy (non-hydrogen) atoms. The molecule has 3 nitrogen and oxygen atoms in total. The topological polar surface area (TPSA) is 21.1 Å². The zero-order chi connectivity index (χ0) is 11.8. The Bertz CT molecular complexity index is 396. The van der Waals surface area contributed by atoms with Gasteiger partial charge in [-0.3, -0.25) is 4.90 Å². The summed E-state index contributed by atoms with van der Waals surface area (Å²) in [5.74, 6) is 2.14. The van der Waals surface area contributed by atoms with Crippen LogP contribution in [0.1, 0.15) is 50.7 Å². The largest absolute Gasteiger partial charge is 0.334 e. The molecule has 2 aliphatic heterocycles. The number of imidazole rings is 1. The highest BCUT2D eigenvalue weighted by Gasteiger charge is 2.28. The van der Waals surface area contributed by atoms with Gasteiger partial charge in [0.15, 0.2) is 0 Å². The normalized spacial score (nSPS) is 29.5. The molecular formula is C14H23N3. The van der Waals surface area contributed by atoms with Crippen molar-refractivity contribution in [1.82, 2.24) is 14.5 Å². The van der Waals surface area contributed by atoms with Gasteiger partial charge in [-0.05, 0) is 38.3 Å². The van der Waals surface area contributed by atoms with Gasteiger partial charge in [0.25, 0.3) is 0 Å². The van der Waals surface area contributed by atoms with Crippen LogP contribution in [0.4, 0.5) is 0 Å². The number of likely N-dealkylation sites (tertiary alicyclic amines) is 1. The van der Waals surface area contributed by atoms with Crippen LogP contribution in [0.5, 0.6) is 0 Å². The number of aromatic nitrogens is 2. The van der Waals surface area contributed by atoms with Gasteiger partial charge >= 0.3 is 0 Å². The molecule has 0 N–H and O–H groups in total. The Labute approximate surface area is 104 Å². The molecule has 1 saturated heterocycles. The molecule has 0 amide bonds. The molecule has 0 aliphatic carbocycles. The average molecular weight is 233 g/mol. The van der Waals surface area contributed by atoms with E-state index in [1.54, 1.807) is 0 Å². The molecule has 0 radical (unpaired) electrons. The maximum absolute atomic E-state index is 4.89. The third-order valence-corrected chi connectivity index (χ3v) is 4.36. The van der Waals surface area contributed by atoms with E-state index < -0.39 is 0 Å². The summed E-state index contributed by atoms with van der Waals surface area (Å²) in [5, 5.41) is 0. The Morgan fingerprint density at radius 3 is 3.12 bits per heavy atom. The fourth-order valence-electron chi connectivity index (χ4n) is 3.34. The van der Waals surface area contributed by atoms with Crippen LogP contribution in [-0.2, 0) is 13.0 Å². The molecule has 0 bridgehead atoms. The van der Waals surface area contributed by atoms with Crippen LogP contribution >= 0.6 is 0 Å². The molecule has 0 saturated carbocycles. The van der Waals surface area contributed by atoms with Gasteiger partial charge in [0.05, 0.1) is 11.7 Å². The van der Waals surface area contributed by atoms with Gasteiger partial charge in [-0.2, -0.15) is 0 Å². The van der Waals surface area contributed by atoms with Crippen molar-refractivity contribution < 1.29 is 0 Å². The Kier molecular flexibility index (Phi) is 2.95. The van der Waals surface area contributed by atoms with Crippen LogP contribution in [0.25, 0.3) is 0 Å². The number of fused-ring (bicyclic) bond motifs is 1. The van der Waals surface area contributed by atoms with Crippen LogP contribution in [0.2, 0.25) is 0 Å². The number of nitrogens with zero attached hydrogens (tertiary/aromatic N) is 3. The van der Waals surface area contributed by atoms with Crippen LogP contribution < -0.4 is 0 Å². The quantitative estimate of drug-likeness (QED) is 0.783. The number of hydrogen-bond donors (Lipinski definition) is 0. The first-order valence-corrected chi connectivity index (χ1v) is 7.08. The van der Waals surface area contributed by atoms with Crippen molar-refractivity contribution in [3.8, 4) is 0 Å². The van der Waals surface area contributed by atoms with Crippen LogP contribution in [0.15, 0.2) is 6.20 Å². The number of hydrogen-bond acceptors (Lipinski definition) is 2. The molecule has 1 aromatic heterocycles. The van der Waals surface area contributed by atoms with Crippen molar-refractivity contribution in [3.63, 3.8) is 0 Å². The van der Waals surface area contributed by atoms with Gasteiger partial charge in [0.1, 0.15) is 5.82 Å². The van der Waals surface area contributed by atoms with Crippen molar-refractivity contribution >= 4 is 0 Å². The van der Waals surface area contributed by atoms with Gasteiger partial charge < -0.3 is 4.57 Å². The van der Waals surface area contributed by atoms with Crippen molar-refractivity contribution in [1.29, 1.82) is 0 Å². The Morgan fingerprint density at radius 2 is 2.29 bits per heavy atom. The number of aryl methyl sites for hydroxylation is 1. The minimum absolute atomic E-state index is 0.591. The van der Waals surface area contributed by atoms with Gasteiger partial charge in [-0.1, -0.05) is 13.8 Å². The molecule has 2 aliphatic rings. The molecule has 94 valence electrons. The lowest BCUT2D eigenvalue weighted by atomic mass is 10.0. The van der Waals surface area contributed by atoms with E-state index in [1.165, 1.54) is 50.3 Å². The Morgan fingerprint density at radius 1 is 1.41 bits per heavy atom. The van der Waals surface area contributed by atoms with E-state index in [-0.39, 0.29) is 0 Å². The minimum Gasteiger partial charge on any atom is -0.334 e. The van der Waals surface area contributed by atoms with E-state index in [2.05, 4.69) is 29.5 Å². The van der Waals surface area contributed by atoms with E-state index in [0.29, 0.717) is 6.04 Å². The Balaban J connectivity index is 1.84. The summed E-state index contributed by atoms with van der Waals surface area (Å²) in [4.78, 5) is 7.45. The first-order valence-electron chi connectivity index (χ1n) is 7.08. The molecule has 2 unspecified atom stereocenters. The highest BCUT2D eigenvalue weighted by Crippen LogP contribution is 2.32. The van der Waals surface area contributed by atoms with E-state index in [4.69, 9.17) is 4.98 Å². The highest BCUT2D eigenvalue weighted by atomic mass is 15.2. The monoisotopic (exact) mass is 233 g/mol. The molecule has 1 aromatic rings. The molecule has 0 spiro atoms. The highest BCUT2D eigenvalue weighted by molar-refractivity contribution is 5.12. The first-order chi connectivity index (χ1) is 8.28. The summed E-state index contributed by atoms with van der Waals surface area (Å²) >= 11 is 0. The predicted molar refractivity (Wildman–Crippen MR) is 68.9 cm³/mol. The smallest absolute Gasteiger partial charge is 0.109 e. The molecule has 3 heterocycles. The SMILES string of the molecule is CCN1CCCC1c1cn2c(n1)CCC(C)C2. The standard InChI is InChI=1S/C14H23N3/c1-3-16-8-4-5-13(16)12-10-17-9-11(2)6-7-14(17)15-12/h10-11,13H,3-9H2,1-2H3. The third kappa shape index (κ3) is 2.01. The summed E-state index contributed by atoms with van der Waals surface area (Å²) in [6.45, 7) is 8.18. The van der Waals surface area contributed by atoms with E-state index in [0.717, 1.165) is 12.5 Å². The summed E-state index contributed by atoms with van der Waals surface area (Å²) in [5.41, 5.74) is 1.33. The lowest BCUT2D eigenvalue weighted by Crippen LogP contribution is -2.22. The van der Waals surface area contributed by atoms with Crippen molar-refractivity contribution in [2.75, 3.05) is 13.1 Å². The van der Waals surface area contributed by atoms with Crippen LogP contribution in [-0.4, -0.2) is 27.5 Å². The fraction of sp³-hybridized carbons (Fsp3) is 0.786. The fourth-order valence-corrected chi connectivity index (χ4v) is 3.34. The second kappa shape index (κ2) is 4.45. The van der Waals surface area contributed by atoms with E-state index in [9.17, 15) is 0 Å². The first kappa shape index (κ1) is 11.3. The average Bonchev–Trinajstić information content (AvgIpc) is 2.93. The third-order valence-electron chi connectivity index (χ3n) is 4.36. The molecule has 2 atom stereocenters. The lowest BCUT2D eigenvalue weighted by Gasteiger charge is -2.20. The minimum atomic E-state index is 0.591. The van der Waals surface area contributed by atoms with E-state index >= 15 is 0 Å². The predicted octanol–water partition coefficient (Wildman–Crippen LogP) is 2.62. The summed E-state index contributed by atoms with van der Waals surface area (Å²) in [6.07, 6.45) is 7.42. The van der Waals surface area contributed by atoms with Crippen molar-refractivity contribution in [2.45, 2.75) is 52.1 Å². The van der Waals surface area contributed by atoms with Crippen LogP contribution in [0.3, 0.4) is 0 Å². The van der Waals surface area contributed by atoms with Gasteiger partial charge in [-0.15, -0.1) is 0 Å². The maximum atomic E-state index is 4.89. The zero-order valence-corrected chi connectivity index (χ0v) is 11.0. The summed E-state index contributed by atoms with van der Waals surface area (Å²) in [6, 6.07) is 0.591. The van der Waals surface area contributed by atoms with E-state index in [1.807, 2.05) is 0 Å². The maximum Gasteiger partial charge on any atom is 0.109 e. The van der Waals surface area contributed by atoms with Gasteiger partial charge in [-0.25, -0.2) is 4.98 Å². The van der Waals surface area contributed by atoms with Gasteiger partial charge in [0, 0.05) is 19.2 Å². The molecule has 3 heteroatoms. The molecule has 0 aromatic carbocycles. The van der Waals surface area contributed by atoms with Crippen molar-refractivity contribution in [3.05, 3.63) is 17.7 Å². The summed E-state index contributed by atoms with van der Waals surface area (Å²) in [7, 11) is 0. The Hall–Kier alpha value is -0.830. The van der Waals surface area contributed by atoms with Crippen molar-refractivity contribution in [2.24, 2.45) is 5.92 Å². The number of rotatable bonds is 2. The summed E-state index contributed by atoms with van der Waals surface area (Å²) < 4.78 is 2.40. The second-order valence-electron chi connectivity index (χ2n) is 5.66.